The molecule has 5 amide bonds. The fraction of sp³-hybridized carbons (Fsp3) is 0.880. The smallest absolute Gasteiger partial charge is 0.323 e. The van der Waals surface area contributed by atoms with Gasteiger partial charge in [0.05, 0.1) is 0 Å². The van der Waals surface area contributed by atoms with Gasteiger partial charge in [-0.2, -0.15) is 75.8 Å². The van der Waals surface area contributed by atoms with Crippen LogP contribution >= 0.6 is 97.4 Å². The lowest BCUT2D eigenvalue weighted by Gasteiger charge is -2.37. The van der Waals surface area contributed by atoms with Crippen molar-refractivity contribution in [3.05, 3.63) is 0 Å². The summed E-state index contributed by atoms with van der Waals surface area (Å²) in [6, 6.07) is -0.184. The van der Waals surface area contributed by atoms with Gasteiger partial charge >= 0.3 is 12.1 Å². The van der Waals surface area contributed by atoms with E-state index in [-0.39, 0.29) is 36.5 Å². The minimum atomic E-state index is -0.825. The Kier molecular flexibility index (Phi) is 18.1. The molecule has 20 heteroatoms. The fourth-order valence-electron chi connectivity index (χ4n) is 6.21. The van der Waals surface area contributed by atoms with Crippen molar-refractivity contribution in [2.75, 3.05) is 98.4 Å². The van der Waals surface area contributed by atoms with Gasteiger partial charge in [-0.15, -0.1) is 0 Å². The number of hydrogen-bond acceptors (Lipinski definition) is 15. The molecule has 0 bridgehead atoms. The summed E-state index contributed by atoms with van der Waals surface area (Å²) in [5, 5.41) is 14.8. The Hall–Kier alpha value is 0.650. The Bertz CT molecular complexity index is 967. The number of carbonyl (C=O) groups is 3. The summed E-state index contributed by atoms with van der Waals surface area (Å²) in [5.41, 5.74) is 0. The van der Waals surface area contributed by atoms with Gasteiger partial charge in [0.1, 0.15) is 24.7 Å². The Morgan fingerprint density at radius 1 is 0.733 bits per heavy atom. The second-order valence-corrected chi connectivity index (χ2v) is 15.9. The Morgan fingerprint density at radius 2 is 1.22 bits per heavy atom. The standard InChI is InChI=1S/C25H48N8O4S8/c1-18(34)27(3-10-38)20-19(28(4-11-39)23(35)29(20)5-12-40)26-2-16-44-45-17-9-33-22-21(31(7-14-42)25(33)37)30(6-13-41)24(36)32(22)8-15-43/h19-22,25-26,37-43H,2-17H2,1H3. The molecule has 3 rings (SSSR count). The first-order valence-electron chi connectivity index (χ1n) is 15.0. The number of aliphatic hydroxyl groups excluding tert-OH is 1. The van der Waals surface area contributed by atoms with Gasteiger partial charge in [0, 0.05) is 105 Å². The zero-order valence-corrected chi connectivity index (χ0v) is 32.5. The predicted molar refractivity (Wildman–Crippen MR) is 206 cm³/mol. The number of amides is 5. The van der Waals surface area contributed by atoms with E-state index >= 15 is 0 Å². The normalized spacial score (nSPS) is 25.7. The van der Waals surface area contributed by atoms with E-state index in [2.05, 4.69) is 81.1 Å². The van der Waals surface area contributed by atoms with E-state index in [0.717, 1.165) is 11.5 Å². The van der Waals surface area contributed by atoms with E-state index in [1.165, 1.54) is 6.92 Å². The van der Waals surface area contributed by atoms with Gasteiger partial charge in [0.25, 0.3) is 0 Å². The van der Waals surface area contributed by atoms with Crippen LogP contribution < -0.4 is 5.32 Å². The van der Waals surface area contributed by atoms with E-state index in [1.54, 1.807) is 41.2 Å². The summed E-state index contributed by atoms with van der Waals surface area (Å²) < 4.78 is 0. The quantitative estimate of drug-likeness (QED) is 0.0494. The van der Waals surface area contributed by atoms with Crippen LogP contribution in [0.15, 0.2) is 0 Å². The first-order valence-corrected chi connectivity index (χ1v) is 21.3. The number of thiol groups is 6. The fourth-order valence-corrected chi connectivity index (χ4v) is 9.42. The molecular weight excluding hydrogens is 733 g/mol. The van der Waals surface area contributed by atoms with Crippen LogP contribution in [0.1, 0.15) is 6.92 Å². The SMILES string of the molecule is CC(=O)N(CCS)C1C(NCCSSCCN2C3C(N(CCS)C(=O)N3CCS)N(CCS)C2O)N(CCS)C(=O)N1CCS. The molecule has 12 nitrogen and oxygen atoms in total. The molecule has 260 valence electrons. The molecule has 0 aromatic rings. The van der Waals surface area contributed by atoms with Crippen LogP contribution in [0.2, 0.25) is 0 Å². The molecular formula is C25H48N8O4S8. The van der Waals surface area contributed by atoms with Crippen molar-refractivity contribution in [1.82, 2.24) is 39.6 Å². The van der Waals surface area contributed by atoms with Gasteiger partial charge in [0.15, 0.2) is 6.35 Å². The number of carbonyl (C=O) groups excluding carboxylic acids is 3. The Morgan fingerprint density at radius 3 is 1.76 bits per heavy atom. The molecule has 0 aromatic heterocycles. The Balaban J connectivity index is 1.60. The minimum absolute atomic E-state index is 0.0523. The second kappa shape index (κ2) is 20.4. The summed E-state index contributed by atoms with van der Waals surface area (Å²) in [5.74, 6) is 4.48. The van der Waals surface area contributed by atoms with Crippen molar-refractivity contribution in [3.8, 4) is 0 Å². The largest absolute Gasteiger partial charge is 0.365 e. The van der Waals surface area contributed by atoms with Crippen LogP contribution in [-0.2, 0) is 4.79 Å². The molecule has 0 spiro atoms. The topological polar surface area (TPSA) is 106 Å². The molecule has 3 aliphatic heterocycles. The molecule has 5 unspecified atom stereocenters. The summed E-state index contributed by atoms with van der Waals surface area (Å²) in [6.07, 6.45) is -2.22. The maximum Gasteiger partial charge on any atom is 0.323 e. The molecule has 0 aliphatic carbocycles. The predicted octanol–water partition coefficient (Wildman–Crippen LogP) is 1.06. The lowest BCUT2D eigenvalue weighted by molar-refractivity contribution is -0.134. The number of nitrogens with zero attached hydrogens (tertiary/aromatic N) is 7. The number of nitrogens with one attached hydrogen (secondary N) is 1. The molecule has 45 heavy (non-hydrogen) atoms. The molecule has 0 radical (unpaired) electrons. The van der Waals surface area contributed by atoms with Crippen molar-refractivity contribution in [2.45, 2.75) is 37.9 Å². The molecule has 0 saturated carbocycles. The van der Waals surface area contributed by atoms with Crippen LogP contribution in [0.25, 0.3) is 0 Å². The molecule has 3 saturated heterocycles. The Labute approximate surface area is 308 Å². The van der Waals surface area contributed by atoms with Crippen LogP contribution in [0, 0.1) is 0 Å². The van der Waals surface area contributed by atoms with Crippen molar-refractivity contribution >= 4 is 115 Å². The number of aliphatic hydroxyl groups is 1. The van der Waals surface area contributed by atoms with Crippen molar-refractivity contribution in [2.24, 2.45) is 0 Å². The second-order valence-electron chi connectivity index (χ2n) is 10.5. The van der Waals surface area contributed by atoms with E-state index in [1.807, 2.05) is 14.7 Å². The average molecular weight is 781 g/mol. The number of hydrogen-bond donors (Lipinski definition) is 8. The van der Waals surface area contributed by atoms with E-state index < -0.39 is 12.5 Å². The maximum atomic E-state index is 13.4. The molecule has 0 aromatic carbocycles. The zero-order chi connectivity index (χ0) is 33.1. The summed E-state index contributed by atoms with van der Waals surface area (Å²) in [4.78, 5) is 52.0. The third-order valence-corrected chi connectivity index (χ3v) is 11.5. The highest BCUT2D eigenvalue weighted by atomic mass is 33.1. The minimum Gasteiger partial charge on any atom is -0.365 e. The van der Waals surface area contributed by atoms with Crippen molar-refractivity contribution < 1.29 is 19.5 Å². The van der Waals surface area contributed by atoms with Crippen molar-refractivity contribution in [1.29, 1.82) is 0 Å². The van der Waals surface area contributed by atoms with Gasteiger partial charge in [-0.05, 0) is 0 Å². The number of fused-ring (bicyclic) bond motifs is 1. The van der Waals surface area contributed by atoms with Gasteiger partial charge < -0.3 is 24.7 Å². The molecule has 3 fully saturated rings. The van der Waals surface area contributed by atoms with Crippen molar-refractivity contribution in [3.63, 3.8) is 0 Å². The van der Waals surface area contributed by atoms with E-state index in [9.17, 15) is 19.5 Å². The van der Waals surface area contributed by atoms with Gasteiger partial charge in [-0.1, -0.05) is 21.6 Å². The summed E-state index contributed by atoms with van der Waals surface area (Å²) in [7, 11) is 3.40. The molecule has 5 atom stereocenters. The molecule has 2 N–H and O–H groups in total. The average Bonchev–Trinajstić information content (AvgIpc) is 3.53. The van der Waals surface area contributed by atoms with E-state index in [4.69, 9.17) is 0 Å². The highest BCUT2D eigenvalue weighted by molar-refractivity contribution is 8.76. The highest BCUT2D eigenvalue weighted by Crippen LogP contribution is 2.37. The summed E-state index contributed by atoms with van der Waals surface area (Å²) >= 11 is 26.2. The lowest BCUT2D eigenvalue weighted by Crippen LogP contribution is -2.58. The highest BCUT2D eigenvalue weighted by Gasteiger charge is 2.58. The van der Waals surface area contributed by atoms with Gasteiger partial charge in [0.2, 0.25) is 5.91 Å². The molecule has 3 heterocycles. The van der Waals surface area contributed by atoms with E-state index in [0.29, 0.717) is 86.9 Å². The van der Waals surface area contributed by atoms with Crippen LogP contribution in [-0.4, -0.2) is 187 Å². The molecule has 3 aliphatic rings. The number of urea groups is 2. The van der Waals surface area contributed by atoms with Crippen LogP contribution in [0.5, 0.6) is 0 Å². The first kappa shape index (κ1) is 40.1. The number of rotatable bonds is 21. The summed E-state index contributed by atoms with van der Waals surface area (Å²) in [6.45, 7) is 5.57. The van der Waals surface area contributed by atoms with Crippen LogP contribution in [0.4, 0.5) is 9.59 Å². The zero-order valence-electron chi connectivity index (χ0n) is 25.5. The monoisotopic (exact) mass is 780 g/mol. The lowest BCUT2D eigenvalue weighted by atomic mass is 10.2. The van der Waals surface area contributed by atoms with Crippen LogP contribution in [0.3, 0.4) is 0 Å². The third kappa shape index (κ3) is 9.46. The maximum absolute atomic E-state index is 13.4. The first-order chi connectivity index (χ1) is 21.7. The van der Waals surface area contributed by atoms with Gasteiger partial charge in [-0.3, -0.25) is 15.0 Å². The third-order valence-electron chi connectivity index (χ3n) is 7.94. The van der Waals surface area contributed by atoms with Gasteiger partial charge in [-0.25, -0.2) is 19.4 Å².